The van der Waals surface area contributed by atoms with Crippen LogP contribution in [0, 0.1) is 5.82 Å². The summed E-state index contributed by atoms with van der Waals surface area (Å²) in [6.45, 7) is 7.36. The summed E-state index contributed by atoms with van der Waals surface area (Å²) in [5.41, 5.74) is 5.99. The van der Waals surface area contributed by atoms with Crippen LogP contribution in [0.2, 0.25) is 0 Å². The zero-order valence-corrected chi connectivity index (χ0v) is 13.5. The topological polar surface area (TPSA) is 55.0 Å². The maximum Gasteiger partial charge on any atom is 0.209 e. The molecular weight excluding hydrogens is 287 g/mol. The van der Waals surface area contributed by atoms with E-state index in [1.54, 1.807) is 12.1 Å². The molecule has 1 aromatic carbocycles. The normalized spacial score (nSPS) is 11.7. The first kappa shape index (κ1) is 15.9. The Morgan fingerprint density at radius 1 is 1.29 bits per heavy atom. The lowest BCUT2D eigenvalue weighted by Crippen LogP contribution is -2.22. The minimum atomic E-state index is -0.262. The molecule has 4 nitrogen and oxygen atoms in total. The van der Waals surface area contributed by atoms with Crippen LogP contribution in [0.25, 0.3) is 0 Å². The molecule has 1 aromatic heterocycles. The molecule has 0 aliphatic rings. The molecular formula is C15H21FN4S. The van der Waals surface area contributed by atoms with Crippen LogP contribution in [-0.2, 0) is 5.41 Å². The Hall–Kier alpha value is -1.53. The number of hydrogen-bond acceptors (Lipinski definition) is 5. The number of anilines is 2. The lowest BCUT2D eigenvalue weighted by Gasteiger charge is -2.22. The van der Waals surface area contributed by atoms with Crippen molar-refractivity contribution in [1.82, 2.24) is 9.36 Å². The molecule has 0 aliphatic carbocycles. The van der Waals surface area contributed by atoms with Crippen LogP contribution in [0.1, 0.15) is 33.0 Å². The van der Waals surface area contributed by atoms with E-state index in [2.05, 4.69) is 30.1 Å². The van der Waals surface area contributed by atoms with Crippen LogP contribution in [0.4, 0.5) is 15.2 Å². The fraction of sp³-hybridized carbons (Fsp3) is 0.467. The van der Waals surface area contributed by atoms with Crippen LogP contribution < -0.4 is 10.6 Å². The van der Waals surface area contributed by atoms with Crippen molar-refractivity contribution in [2.45, 2.75) is 32.6 Å². The third-order valence-electron chi connectivity index (χ3n) is 3.05. The Labute approximate surface area is 129 Å². The molecule has 0 spiro atoms. The van der Waals surface area contributed by atoms with Gasteiger partial charge in [0, 0.05) is 23.5 Å². The van der Waals surface area contributed by atoms with Gasteiger partial charge in [-0.2, -0.15) is 4.37 Å². The molecule has 0 atom stereocenters. The van der Waals surface area contributed by atoms with E-state index in [4.69, 9.17) is 5.73 Å². The van der Waals surface area contributed by atoms with Gasteiger partial charge in [-0.25, -0.2) is 9.37 Å². The highest BCUT2D eigenvalue weighted by atomic mass is 32.1. The summed E-state index contributed by atoms with van der Waals surface area (Å²) in [5, 5.41) is 0.707. The van der Waals surface area contributed by atoms with Gasteiger partial charge in [-0.3, -0.25) is 0 Å². The quantitative estimate of drug-likeness (QED) is 0.919. The molecule has 0 bridgehead atoms. The number of nitrogens with zero attached hydrogens (tertiary/aromatic N) is 3. The summed E-state index contributed by atoms with van der Waals surface area (Å²) in [6.07, 6.45) is 0.763. The average Bonchev–Trinajstić information content (AvgIpc) is 2.91. The Kier molecular flexibility index (Phi) is 4.90. The summed E-state index contributed by atoms with van der Waals surface area (Å²) < 4.78 is 18.5. The first-order valence-electron chi connectivity index (χ1n) is 7.00. The highest BCUT2D eigenvalue weighted by molar-refractivity contribution is 7.09. The smallest absolute Gasteiger partial charge is 0.209 e. The van der Waals surface area contributed by atoms with Gasteiger partial charge in [0.15, 0.2) is 0 Å². The Bertz CT molecular complexity index is 591. The zero-order valence-electron chi connectivity index (χ0n) is 12.6. The third-order valence-corrected chi connectivity index (χ3v) is 3.79. The molecule has 114 valence electrons. The van der Waals surface area contributed by atoms with Crippen LogP contribution in [0.15, 0.2) is 24.3 Å². The molecule has 0 fully saturated rings. The van der Waals surface area contributed by atoms with Gasteiger partial charge in [-0.1, -0.05) is 32.9 Å². The summed E-state index contributed by atoms with van der Waals surface area (Å²) in [7, 11) is 0. The lowest BCUT2D eigenvalue weighted by atomic mass is 9.96. The van der Waals surface area contributed by atoms with Crippen LogP contribution in [0.3, 0.4) is 0 Å². The molecule has 21 heavy (non-hydrogen) atoms. The molecule has 0 saturated carbocycles. The number of benzene rings is 1. The monoisotopic (exact) mass is 308 g/mol. The van der Waals surface area contributed by atoms with Crippen molar-refractivity contribution in [3.8, 4) is 0 Å². The van der Waals surface area contributed by atoms with E-state index in [-0.39, 0.29) is 11.2 Å². The Morgan fingerprint density at radius 2 is 2.00 bits per heavy atom. The molecule has 0 aliphatic heterocycles. The highest BCUT2D eigenvalue weighted by Gasteiger charge is 2.23. The van der Waals surface area contributed by atoms with Crippen molar-refractivity contribution >= 4 is 22.4 Å². The van der Waals surface area contributed by atoms with E-state index in [1.807, 2.05) is 11.0 Å². The van der Waals surface area contributed by atoms with Gasteiger partial charge in [0.25, 0.3) is 0 Å². The Balaban J connectivity index is 2.37. The van der Waals surface area contributed by atoms with E-state index < -0.39 is 0 Å². The number of halogens is 1. The van der Waals surface area contributed by atoms with E-state index in [0.717, 1.165) is 12.2 Å². The molecule has 2 aromatic rings. The average molecular weight is 308 g/mol. The van der Waals surface area contributed by atoms with Gasteiger partial charge >= 0.3 is 0 Å². The lowest BCUT2D eigenvalue weighted by molar-refractivity contribution is 0.554. The fourth-order valence-electron chi connectivity index (χ4n) is 1.87. The SMILES string of the molecule is CC(C)(C)c1nsc(N(CCCN)c2ccccc2F)n1. The molecule has 0 saturated heterocycles. The highest BCUT2D eigenvalue weighted by Crippen LogP contribution is 2.31. The maximum atomic E-state index is 14.1. The van der Waals surface area contributed by atoms with Crippen molar-refractivity contribution in [2.75, 3.05) is 18.0 Å². The van der Waals surface area contributed by atoms with Crippen molar-refractivity contribution in [1.29, 1.82) is 0 Å². The van der Waals surface area contributed by atoms with Crippen molar-refractivity contribution in [3.63, 3.8) is 0 Å². The van der Waals surface area contributed by atoms with Gasteiger partial charge in [-0.15, -0.1) is 0 Å². The number of aromatic nitrogens is 2. The second-order valence-corrected chi connectivity index (χ2v) is 6.63. The van der Waals surface area contributed by atoms with Gasteiger partial charge in [0.05, 0.1) is 5.69 Å². The van der Waals surface area contributed by atoms with Gasteiger partial charge in [0.2, 0.25) is 5.13 Å². The molecule has 0 amide bonds. The van der Waals surface area contributed by atoms with Crippen molar-refractivity contribution < 1.29 is 4.39 Å². The molecule has 2 N–H and O–H groups in total. The Morgan fingerprint density at radius 3 is 2.57 bits per heavy atom. The van der Waals surface area contributed by atoms with Gasteiger partial charge in [-0.05, 0) is 25.1 Å². The molecule has 0 radical (unpaired) electrons. The first-order valence-corrected chi connectivity index (χ1v) is 7.77. The second kappa shape index (κ2) is 6.49. The predicted molar refractivity (Wildman–Crippen MR) is 85.7 cm³/mol. The zero-order chi connectivity index (χ0) is 15.5. The van der Waals surface area contributed by atoms with Crippen LogP contribution >= 0.6 is 11.5 Å². The van der Waals surface area contributed by atoms with E-state index in [0.29, 0.717) is 23.9 Å². The summed E-state index contributed by atoms with van der Waals surface area (Å²) >= 11 is 1.30. The summed E-state index contributed by atoms with van der Waals surface area (Å²) in [6, 6.07) is 6.71. The van der Waals surface area contributed by atoms with Crippen molar-refractivity contribution in [3.05, 3.63) is 35.9 Å². The summed E-state index contributed by atoms with van der Waals surface area (Å²) in [4.78, 5) is 6.43. The molecule has 6 heteroatoms. The van der Waals surface area contributed by atoms with Gasteiger partial charge < -0.3 is 10.6 Å². The summed E-state index contributed by atoms with van der Waals surface area (Å²) in [5.74, 6) is 0.513. The number of hydrogen-bond donors (Lipinski definition) is 1. The van der Waals surface area contributed by atoms with Crippen molar-refractivity contribution in [2.24, 2.45) is 5.73 Å². The first-order chi connectivity index (χ1) is 9.93. The fourth-order valence-corrected chi connectivity index (χ4v) is 2.77. The molecule has 2 rings (SSSR count). The van der Waals surface area contributed by atoms with Crippen LogP contribution in [0.5, 0.6) is 0 Å². The predicted octanol–water partition coefficient (Wildman–Crippen LogP) is 3.46. The minimum absolute atomic E-state index is 0.122. The number of para-hydroxylation sites is 1. The standard InChI is InChI=1S/C15H21FN4S/c1-15(2,3)13-18-14(21-19-13)20(10-6-9-17)12-8-5-4-7-11(12)16/h4-5,7-8H,6,9-10,17H2,1-3H3. The molecule has 0 unspecified atom stereocenters. The molecule has 1 heterocycles. The van der Waals surface area contributed by atoms with E-state index in [1.165, 1.54) is 17.6 Å². The largest absolute Gasteiger partial charge is 0.330 e. The van der Waals surface area contributed by atoms with Crippen LogP contribution in [-0.4, -0.2) is 22.4 Å². The number of nitrogens with two attached hydrogens (primary N) is 1. The second-order valence-electron chi connectivity index (χ2n) is 5.90. The third kappa shape index (κ3) is 3.77. The maximum absolute atomic E-state index is 14.1. The van der Waals surface area contributed by atoms with Gasteiger partial charge in [0.1, 0.15) is 11.6 Å². The number of rotatable bonds is 5. The minimum Gasteiger partial charge on any atom is -0.330 e. The van der Waals surface area contributed by atoms with E-state index >= 15 is 0 Å². The van der Waals surface area contributed by atoms with E-state index in [9.17, 15) is 4.39 Å².